The van der Waals surface area contributed by atoms with Gasteiger partial charge in [-0.25, -0.2) is 14.4 Å². The predicted octanol–water partition coefficient (Wildman–Crippen LogP) is 4.23. The van der Waals surface area contributed by atoms with Crippen LogP contribution in [0.15, 0.2) is 61.3 Å². The van der Waals surface area contributed by atoms with Crippen molar-refractivity contribution in [2.24, 2.45) is 0 Å². The zero-order valence-corrected chi connectivity index (χ0v) is 23.4. The third kappa shape index (κ3) is 6.93. The number of fused-ring (bicyclic) bond motifs is 1. The summed E-state index contributed by atoms with van der Waals surface area (Å²) in [6.07, 6.45) is 5.84. The fraction of sp³-hybridized carbons (Fsp3) is 0.241. The SMILES string of the molecule is CC(=O)c1cn(CC(=O)N(CC(=O)NCc2cccc(Cl)c2F)C(C)C)c2ccc(C(=O)Nc3cncnc3)cc12. The topological polar surface area (TPSA) is 126 Å². The molecule has 10 nitrogen and oxygen atoms in total. The quantitative estimate of drug-likeness (QED) is 0.271. The Balaban J connectivity index is 1.50. The summed E-state index contributed by atoms with van der Waals surface area (Å²) < 4.78 is 15.8. The molecule has 41 heavy (non-hydrogen) atoms. The summed E-state index contributed by atoms with van der Waals surface area (Å²) in [5.41, 5.74) is 1.89. The van der Waals surface area contributed by atoms with Crippen LogP contribution in [0, 0.1) is 5.82 Å². The number of hydrogen-bond acceptors (Lipinski definition) is 6. The Bertz CT molecular complexity index is 1620. The molecule has 0 saturated heterocycles. The molecule has 2 aromatic heterocycles. The molecule has 12 heteroatoms. The van der Waals surface area contributed by atoms with E-state index in [1.807, 2.05) is 0 Å². The summed E-state index contributed by atoms with van der Waals surface area (Å²) in [4.78, 5) is 60.4. The van der Waals surface area contributed by atoms with Crippen molar-refractivity contribution in [3.8, 4) is 0 Å². The highest BCUT2D eigenvalue weighted by Crippen LogP contribution is 2.25. The molecule has 0 aliphatic carbocycles. The molecule has 0 atom stereocenters. The number of carbonyl (C=O) groups excluding carboxylic acids is 4. The maximum absolute atomic E-state index is 14.2. The van der Waals surface area contributed by atoms with Crippen molar-refractivity contribution in [3.63, 3.8) is 0 Å². The van der Waals surface area contributed by atoms with Gasteiger partial charge in [0.1, 0.15) is 18.7 Å². The Morgan fingerprint density at radius 2 is 1.83 bits per heavy atom. The van der Waals surface area contributed by atoms with Crippen molar-refractivity contribution in [1.29, 1.82) is 0 Å². The van der Waals surface area contributed by atoms with Crippen molar-refractivity contribution in [2.75, 3.05) is 11.9 Å². The third-order valence-electron chi connectivity index (χ3n) is 6.41. The fourth-order valence-electron chi connectivity index (χ4n) is 4.30. The first-order valence-corrected chi connectivity index (χ1v) is 13.1. The summed E-state index contributed by atoms with van der Waals surface area (Å²) in [6, 6.07) is 9.05. The number of aromatic nitrogens is 3. The molecule has 0 bridgehead atoms. The molecule has 212 valence electrons. The van der Waals surface area contributed by atoms with Crippen molar-refractivity contribution in [3.05, 3.63) is 88.8 Å². The van der Waals surface area contributed by atoms with Gasteiger partial charge in [0.15, 0.2) is 5.78 Å². The van der Waals surface area contributed by atoms with Gasteiger partial charge in [-0.15, -0.1) is 0 Å². The molecule has 0 unspecified atom stereocenters. The summed E-state index contributed by atoms with van der Waals surface area (Å²) in [5, 5.41) is 5.80. The first-order chi connectivity index (χ1) is 19.5. The molecule has 2 N–H and O–H groups in total. The largest absolute Gasteiger partial charge is 0.350 e. The first-order valence-electron chi connectivity index (χ1n) is 12.7. The molecular formula is C29H28ClFN6O4. The second-order valence-corrected chi connectivity index (χ2v) is 10.1. The Hall–Kier alpha value is -4.64. The lowest BCUT2D eigenvalue weighted by atomic mass is 10.1. The minimum Gasteiger partial charge on any atom is -0.350 e. The van der Waals surface area contributed by atoms with Crippen molar-refractivity contribution in [2.45, 2.75) is 39.9 Å². The molecule has 0 fully saturated rings. The van der Waals surface area contributed by atoms with E-state index in [-0.39, 0.29) is 48.0 Å². The van der Waals surface area contributed by atoms with E-state index in [0.717, 1.165) is 0 Å². The number of amides is 3. The Morgan fingerprint density at radius 1 is 1.10 bits per heavy atom. The minimum absolute atomic E-state index is 0.0434. The summed E-state index contributed by atoms with van der Waals surface area (Å²) in [6.45, 7) is 4.49. The average molecular weight is 579 g/mol. The zero-order chi connectivity index (χ0) is 29.7. The van der Waals surface area contributed by atoms with Crippen LogP contribution < -0.4 is 10.6 Å². The number of nitrogens with zero attached hydrogens (tertiary/aromatic N) is 4. The van der Waals surface area contributed by atoms with Crippen LogP contribution in [0.3, 0.4) is 0 Å². The molecule has 0 saturated carbocycles. The molecular weight excluding hydrogens is 551 g/mol. The molecule has 0 aliphatic rings. The van der Waals surface area contributed by atoms with E-state index in [1.165, 1.54) is 42.7 Å². The standard InChI is InChI=1S/C29H28ClFN6O4/c1-17(2)37(14-26(39)34-10-20-5-4-6-24(30)28(20)31)27(40)15-36-13-23(18(3)38)22-9-19(7-8-25(22)36)29(41)35-21-11-32-16-33-12-21/h4-9,11-13,16-17H,10,14-15H2,1-3H3,(H,34,39)(H,35,41). The Morgan fingerprint density at radius 3 is 2.51 bits per heavy atom. The Labute approximate surface area is 240 Å². The highest BCUT2D eigenvalue weighted by Gasteiger charge is 2.23. The van der Waals surface area contributed by atoms with Gasteiger partial charge in [-0.2, -0.15) is 0 Å². The molecule has 4 rings (SSSR count). The van der Waals surface area contributed by atoms with Crippen LogP contribution in [0.25, 0.3) is 10.9 Å². The number of anilines is 1. The number of rotatable bonds is 10. The third-order valence-corrected chi connectivity index (χ3v) is 6.70. The minimum atomic E-state index is -0.609. The molecule has 3 amide bonds. The lowest BCUT2D eigenvalue weighted by molar-refractivity contribution is -0.138. The van der Waals surface area contributed by atoms with Gasteiger partial charge in [0, 0.05) is 46.4 Å². The van der Waals surface area contributed by atoms with Crippen molar-refractivity contribution >= 4 is 51.7 Å². The highest BCUT2D eigenvalue weighted by atomic mass is 35.5. The number of ketones is 1. The van der Waals surface area contributed by atoms with Gasteiger partial charge in [0.25, 0.3) is 5.91 Å². The van der Waals surface area contributed by atoms with E-state index in [9.17, 15) is 23.6 Å². The Kier molecular flexibility index (Phi) is 9.08. The van der Waals surface area contributed by atoms with Crippen LogP contribution in [0.5, 0.6) is 0 Å². The van der Waals surface area contributed by atoms with E-state index in [1.54, 1.807) is 48.9 Å². The van der Waals surface area contributed by atoms with E-state index in [2.05, 4.69) is 20.6 Å². The van der Waals surface area contributed by atoms with Gasteiger partial charge < -0.3 is 20.1 Å². The number of nitrogens with one attached hydrogen (secondary N) is 2. The summed E-state index contributed by atoms with van der Waals surface area (Å²) >= 11 is 5.80. The van der Waals surface area contributed by atoms with E-state index < -0.39 is 17.6 Å². The number of carbonyl (C=O) groups is 4. The zero-order valence-electron chi connectivity index (χ0n) is 22.6. The molecule has 2 aromatic carbocycles. The smallest absolute Gasteiger partial charge is 0.255 e. The van der Waals surface area contributed by atoms with E-state index in [4.69, 9.17) is 11.6 Å². The van der Waals surface area contributed by atoms with Crippen LogP contribution in [0.2, 0.25) is 5.02 Å². The number of halogens is 2. The number of Topliss-reactive ketones (excluding diaryl/α,β-unsaturated/α-hetero) is 1. The van der Waals surface area contributed by atoms with Crippen LogP contribution in [-0.2, 0) is 22.7 Å². The highest BCUT2D eigenvalue weighted by molar-refractivity contribution is 6.30. The normalized spacial score (nSPS) is 11.0. The predicted molar refractivity (Wildman–Crippen MR) is 152 cm³/mol. The average Bonchev–Trinajstić information content (AvgIpc) is 3.30. The van der Waals surface area contributed by atoms with Crippen LogP contribution >= 0.6 is 11.6 Å². The monoisotopic (exact) mass is 578 g/mol. The van der Waals surface area contributed by atoms with Gasteiger partial charge in [-0.3, -0.25) is 19.2 Å². The van der Waals surface area contributed by atoms with Gasteiger partial charge in [-0.1, -0.05) is 23.7 Å². The molecule has 0 radical (unpaired) electrons. The lowest BCUT2D eigenvalue weighted by Crippen LogP contribution is -2.45. The van der Waals surface area contributed by atoms with Crippen LogP contribution in [-0.4, -0.2) is 55.5 Å². The summed E-state index contributed by atoms with van der Waals surface area (Å²) in [5.74, 6) is -2.07. The molecule has 2 heterocycles. The first kappa shape index (κ1) is 29.3. The fourth-order valence-corrected chi connectivity index (χ4v) is 4.50. The van der Waals surface area contributed by atoms with E-state index in [0.29, 0.717) is 27.7 Å². The lowest BCUT2D eigenvalue weighted by Gasteiger charge is -2.26. The van der Waals surface area contributed by atoms with Gasteiger partial charge in [0.2, 0.25) is 11.8 Å². The number of benzene rings is 2. The van der Waals surface area contributed by atoms with Gasteiger partial charge in [-0.05, 0) is 45.0 Å². The maximum atomic E-state index is 14.2. The molecule has 0 aliphatic heterocycles. The molecule has 4 aromatic rings. The second kappa shape index (κ2) is 12.7. The second-order valence-electron chi connectivity index (χ2n) is 9.65. The van der Waals surface area contributed by atoms with Crippen molar-refractivity contribution in [1.82, 2.24) is 24.8 Å². The van der Waals surface area contributed by atoms with Crippen LogP contribution in [0.4, 0.5) is 10.1 Å². The number of hydrogen-bond donors (Lipinski definition) is 2. The van der Waals surface area contributed by atoms with Gasteiger partial charge >= 0.3 is 0 Å². The summed E-state index contributed by atoms with van der Waals surface area (Å²) in [7, 11) is 0. The molecule has 0 spiro atoms. The van der Waals surface area contributed by atoms with Crippen molar-refractivity contribution < 1.29 is 23.6 Å². The van der Waals surface area contributed by atoms with E-state index >= 15 is 0 Å². The van der Waals surface area contributed by atoms with Gasteiger partial charge in [0.05, 0.1) is 29.6 Å². The maximum Gasteiger partial charge on any atom is 0.255 e. The van der Waals surface area contributed by atoms with Crippen LogP contribution in [0.1, 0.15) is 47.1 Å².